The highest BCUT2D eigenvalue weighted by Crippen LogP contribution is 2.27. The molecule has 2 aromatic rings. The van der Waals surface area contributed by atoms with Crippen molar-refractivity contribution in [2.45, 2.75) is 26.3 Å². The molecule has 1 unspecified atom stereocenters. The van der Waals surface area contributed by atoms with E-state index in [9.17, 15) is 9.18 Å². The van der Waals surface area contributed by atoms with Crippen LogP contribution < -0.4 is 4.74 Å². The largest absolute Gasteiger partial charge is 0.494 e. The molecule has 1 heterocycles. The Hall–Kier alpha value is -2.17. The third kappa shape index (κ3) is 2.57. The average molecular weight is 276 g/mol. The van der Waals surface area contributed by atoms with Crippen LogP contribution in [0.4, 0.5) is 4.39 Å². The van der Waals surface area contributed by atoms with Gasteiger partial charge in [0.05, 0.1) is 12.7 Å². The maximum Gasteiger partial charge on any atom is 0.165 e. The van der Waals surface area contributed by atoms with Crippen molar-refractivity contribution >= 4 is 6.29 Å². The molecule has 0 aliphatic rings. The third-order valence-corrected chi connectivity index (χ3v) is 3.35. The highest BCUT2D eigenvalue weighted by atomic mass is 19.1. The molecule has 106 valence electrons. The number of carbonyl (C=O) groups is 1. The minimum absolute atomic E-state index is 0.169. The number of methoxy groups -OCH3 is 1. The number of aldehydes is 1. The van der Waals surface area contributed by atoms with Crippen LogP contribution in [0.15, 0.2) is 24.4 Å². The van der Waals surface area contributed by atoms with Crippen molar-refractivity contribution in [2.75, 3.05) is 7.11 Å². The number of ether oxygens (including phenoxy) is 1. The molecule has 20 heavy (non-hydrogen) atoms. The number of benzene rings is 1. The van der Waals surface area contributed by atoms with Crippen LogP contribution in [0.25, 0.3) is 11.3 Å². The molecule has 1 aromatic heterocycles. The van der Waals surface area contributed by atoms with Crippen molar-refractivity contribution in [1.29, 1.82) is 0 Å². The van der Waals surface area contributed by atoms with Gasteiger partial charge in [0.1, 0.15) is 5.69 Å². The second-order valence-electron chi connectivity index (χ2n) is 4.64. The van der Waals surface area contributed by atoms with E-state index in [-0.39, 0.29) is 11.8 Å². The summed E-state index contributed by atoms with van der Waals surface area (Å²) in [5.41, 5.74) is 1.50. The predicted octanol–water partition coefficient (Wildman–Crippen LogP) is 3.48. The smallest absolute Gasteiger partial charge is 0.165 e. The number of hydrogen-bond acceptors (Lipinski definition) is 3. The SMILES string of the molecule is CCC(C)n1cc(C=O)c(-c2ccc(OC)c(F)c2)n1. The first-order valence-electron chi connectivity index (χ1n) is 6.49. The quantitative estimate of drug-likeness (QED) is 0.785. The molecule has 1 atom stereocenters. The fourth-order valence-corrected chi connectivity index (χ4v) is 1.94. The molecule has 0 aliphatic carbocycles. The maximum absolute atomic E-state index is 13.8. The van der Waals surface area contributed by atoms with Crippen LogP contribution in [0.5, 0.6) is 5.75 Å². The summed E-state index contributed by atoms with van der Waals surface area (Å²) in [6.07, 6.45) is 3.33. The molecule has 1 aromatic carbocycles. The number of aromatic nitrogens is 2. The van der Waals surface area contributed by atoms with Gasteiger partial charge in [-0.25, -0.2) is 4.39 Å². The minimum Gasteiger partial charge on any atom is -0.494 e. The van der Waals surface area contributed by atoms with E-state index in [1.165, 1.54) is 19.2 Å². The summed E-state index contributed by atoms with van der Waals surface area (Å²) >= 11 is 0. The van der Waals surface area contributed by atoms with Gasteiger partial charge in [0.2, 0.25) is 0 Å². The van der Waals surface area contributed by atoms with Crippen LogP contribution in [0.2, 0.25) is 0 Å². The minimum atomic E-state index is -0.472. The third-order valence-electron chi connectivity index (χ3n) is 3.35. The number of nitrogens with zero attached hydrogens (tertiary/aromatic N) is 2. The lowest BCUT2D eigenvalue weighted by atomic mass is 10.1. The summed E-state index contributed by atoms with van der Waals surface area (Å²) in [5.74, 6) is -0.303. The Bertz CT molecular complexity index is 622. The topological polar surface area (TPSA) is 44.1 Å². The summed E-state index contributed by atoms with van der Waals surface area (Å²) in [6, 6.07) is 4.74. The van der Waals surface area contributed by atoms with E-state index in [0.717, 1.165) is 12.7 Å². The van der Waals surface area contributed by atoms with Crippen molar-refractivity contribution in [2.24, 2.45) is 0 Å². The Balaban J connectivity index is 2.48. The van der Waals surface area contributed by atoms with E-state index in [1.807, 2.05) is 13.8 Å². The van der Waals surface area contributed by atoms with E-state index < -0.39 is 5.82 Å². The van der Waals surface area contributed by atoms with Crippen LogP contribution in [0, 0.1) is 5.82 Å². The van der Waals surface area contributed by atoms with E-state index in [2.05, 4.69) is 5.10 Å². The average Bonchev–Trinajstić information content (AvgIpc) is 2.90. The Labute approximate surface area is 117 Å². The van der Waals surface area contributed by atoms with Crippen molar-refractivity contribution in [3.63, 3.8) is 0 Å². The monoisotopic (exact) mass is 276 g/mol. The number of rotatable bonds is 5. The van der Waals surface area contributed by atoms with Gasteiger partial charge in [-0.05, 0) is 31.5 Å². The van der Waals surface area contributed by atoms with Gasteiger partial charge in [-0.2, -0.15) is 5.10 Å². The molecule has 0 saturated carbocycles. The van der Waals surface area contributed by atoms with Gasteiger partial charge < -0.3 is 4.74 Å². The molecular weight excluding hydrogens is 259 g/mol. The Morgan fingerprint density at radius 3 is 2.80 bits per heavy atom. The molecule has 0 amide bonds. The Morgan fingerprint density at radius 1 is 1.50 bits per heavy atom. The van der Waals surface area contributed by atoms with Crippen molar-refractivity contribution in [3.8, 4) is 17.0 Å². The zero-order valence-electron chi connectivity index (χ0n) is 11.8. The summed E-state index contributed by atoms with van der Waals surface area (Å²) in [5, 5.41) is 4.40. The lowest BCUT2D eigenvalue weighted by molar-refractivity contribution is 0.112. The molecule has 5 heteroatoms. The predicted molar refractivity (Wildman–Crippen MR) is 74.6 cm³/mol. The normalized spacial score (nSPS) is 12.2. The van der Waals surface area contributed by atoms with Crippen molar-refractivity contribution < 1.29 is 13.9 Å². The number of halogens is 1. The molecule has 0 radical (unpaired) electrons. The zero-order chi connectivity index (χ0) is 14.7. The lowest BCUT2D eigenvalue weighted by Crippen LogP contribution is -2.04. The number of hydrogen-bond donors (Lipinski definition) is 0. The molecule has 0 bridgehead atoms. The van der Waals surface area contributed by atoms with Crippen LogP contribution >= 0.6 is 0 Å². The summed E-state index contributed by atoms with van der Waals surface area (Å²) in [6.45, 7) is 4.06. The van der Waals surface area contributed by atoms with Crippen LogP contribution in [0.3, 0.4) is 0 Å². The van der Waals surface area contributed by atoms with Crippen LogP contribution in [0.1, 0.15) is 36.7 Å². The van der Waals surface area contributed by atoms with Gasteiger partial charge in [0.15, 0.2) is 17.9 Å². The second-order valence-corrected chi connectivity index (χ2v) is 4.64. The molecule has 0 saturated heterocycles. The van der Waals surface area contributed by atoms with E-state index >= 15 is 0 Å². The fraction of sp³-hybridized carbons (Fsp3) is 0.333. The Kier molecular flexibility index (Phi) is 4.17. The summed E-state index contributed by atoms with van der Waals surface area (Å²) in [7, 11) is 1.41. The molecule has 2 rings (SSSR count). The maximum atomic E-state index is 13.8. The van der Waals surface area contributed by atoms with Crippen molar-refractivity contribution in [1.82, 2.24) is 9.78 Å². The highest BCUT2D eigenvalue weighted by Gasteiger charge is 2.15. The number of carbonyl (C=O) groups excluding carboxylic acids is 1. The molecule has 0 spiro atoms. The molecule has 4 nitrogen and oxygen atoms in total. The molecule has 0 N–H and O–H groups in total. The summed E-state index contributed by atoms with van der Waals surface area (Å²) < 4.78 is 20.4. The molecule has 0 aliphatic heterocycles. The molecule has 0 fully saturated rings. The van der Waals surface area contributed by atoms with Gasteiger partial charge in [0.25, 0.3) is 0 Å². The summed E-state index contributed by atoms with van der Waals surface area (Å²) in [4.78, 5) is 11.2. The van der Waals surface area contributed by atoms with Gasteiger partial charge in [-0.1, -0.05) is 6.92 Å². The van der Waals surface area contributed by atoms with Gasteiger partial charge >= 0.3 is 0 Å². The standard InChI is InChI=1S/C15H17FN2O2/c1-4-10(2)18-8-12(9-19)15(17-18)11-5-6-14(20-3)13(16)7-11/h5-10H,4H2,1-3H3. The fourth-order valence-electron chi connectivity index (χ4n) is 1.94. The zero-order valence-corrected chi connectivity index (χ0v) is 11.8. The van der Waals surface area contributed by atoms with E-state index in [4.69, 9.17) is 4.74 Å². The molecular formula is C15H17FN2O2. The van der Waals surface area contributed by atoms with E-state index in [1.54, 1.807) is 16.9 Å². The van der Waals surface area contributed by atoms with Gasteiger partial charge in [-0.15, -0.1) is 0 Å². The second kappa shape index (κ2) is 5.86. The first-order valence-corrected chi connectivity index (χ1v) is 6.49. The van der Waals surface area contributed by atoms with Crippen LogP contribution in [-0.4, -0.2) is 23.2 Å². The van der Waals surface area contributed by atoms with E-state index in [0.29, 0.717) is 16.8 Å². The lowest BCUT2D eigenvalue weighted by Gasteiger charge is -2.08. The first kappa shape index (κ1) is 14.2. The van der Waals surface area contributed by atoms with Gasteiger partial charge in [-0.3, -0.25) is 9.48 Å². The van der Waals surface area contributed by atoms with Crippen LogP contribution in [-0.2, 0) is 0 Å². The van der Waals surface area contributed by atoms with Crippen molar-refractivity contribution in [3.05, 3.63) is 35.8 Å². The Morgan fingerprint density at radius 2 is 2.25 bits per heavy atom. The first-order chi connectivity index (χ1) is 9.60. The highest BCUT2D eigenvalue weighted by molar-refractivity contribution is 5.85. The van der Waals surface area contributed by atoms with Gasteiger partial charge in [0, 0.05) is 17.8 Å².